The zero-order valence-electron chi connectivity index (χ0n) is 10.2. The molecule has 0 radical (unpaired) electrons. The number of benzene rings is 1. The molecule has 98 valence electrons. The minimum Gasteiger partial charge on any atom is -0.478 e. The average molecular weight is 278 g/mol. The van der Waals surface area contributed by atoms with E-state index in [9.17, 15) is 4.79 Å². The Morgan fingerprint density at radius 1 is 1.47 bits per heavy atom. The molecule has 1 heterocycles. The number of aryl methyl sites for hydroxylation is 1. The number of carbonyl (C=O) groups is 1. The third kappa shape index (κ3) is 3.20. The Labute approximate surface area is 115 Å². The maximum Gasteiger partial charge on any atom is 0.339 e. The molecule has 2 N–H and O–H groups in total. The van der Waals surface area contributed by atoms with E-state index in [2.05, 4.69) is 15.3 Å². The Bertz CT molecular complexity index is 617. The maximum absolute atomic E-state index is 11.0. The normalized spacial score (nSPS) is 10.2. The van der Waals surface area contributed by atoms with Crippen molar-refractivity contribution >= 4 is 23.3 Å². The molecular formula is C13H12ClN3O2. The molecule has 0 unspecified atom stereocenters. The molecule has 2 rings (SSSR count). The lowest BCUT2D eigenvalue weighted by molar-refractivity contribution is 0.0694. The van der Waals surface area contributed by atoms with E-state index in [-0.39, 0.29) is 5.56 Å². The standard InChI is InChI=1S/C13H12ClN3O2/c1-8-2-3-9(14)4-11(8)16-6-12-10(13(18)19)5-15-7-17-12/h2-5,7,16H,6H2,1H3,(H,18,19). The number of nitrogens with zero attached hydrogens (tertiary/aromatic N) is 2. The third-order valence-corrected chi connectivity index (χ3v) is 2.91. The lowest BCUT2D eigenvalue weighted by Gasteiger charge is -2.10. The van der Waals surface area contributed by atoms with Crippen LogP contribution in [0.1, 0.15) is 21.6 Å². The van der Waals surface area contributed by atoms with E-state index in [0.29, 0.717) is 17.3 Å². The predicted octanol–water partition coefficient (Wildman–Crippen LogP) is 2.75. The monoisotopic (exact) mass is 277 g/mol. The van der Waals surface area contributed by atoms with E-state index in [1.165, 1.54) is 12.5 Å². The molecule has 0 saturated carbocycles. The summed E-state index contributed by atoms with van der Waals surface area (Å²) in [6.45, 7) is 2.24. The van der Waals surface area contributed by atoms with Gasteiger partial charge >= 0.3 is 5.97 Å². The first-order chi connectivity index (χ1) is 9.08. The number of hydrogen-bond donors (Lipinski definition) is 2. The summed E-state index contributed by atoms with van der Waals surface area (Å²) in [7, 11) is 0. The molecular weight excluding hydrogens is 266 g/mol. The van der Waals surface area contributed by atoms with Crippen molar-refractivity contribution in [3.63, 3.8) is 0 Å². The van der Waals surface area contributed by atoms with Gasteiger partial charge in [-0.1, -0.05) is 17.7 Å². The van der Waals surface area contributed by atoms with Crippen LogP contribution >= 0.6 is 11.6 Å². The van der Waals surface area contributed by atoms with Gasteiger partial charge < -0.3 is 10.4 Å². The smallest absolute Gasteiger partial charge is 0.339 e. The van der Waals surface area contributed by atoms with Crippen molar-refractivity contribution in [3.8, 4) is 0 Å². The fourth-order valence-electron chi connectivity index (χ4n) is 1.64. The topological polar surface area (TPSA) is 75.1 Å². The molecule has 2 aromatic rings. The van der Waals surface area contributed by atoms with Crippen LogP contribution < -0.4 is 5.32 Å². The highest BCUT2D eigenvalue weighted by atomic mass is 35.5. The van der Waals surface area contributed by atoms with Crippen molar-refractivity contribution < 1.29 is 9.90 Å². The first-order valence-electron chi connectivity index (χ1n) is 5.60. The quantitative estimate of drug-likeness (QED) is 0.899. The molecule has 5 nitrogen and oxygen atoms in total. The molecule has 1 aromatic carbocycles. The van der Waals surface area contributed by atoms with Gasteiger partial charge in [0.2, 0.25) is 0 Å². The number of halogens is 1. The van der Waals surface area contributed by atoms with Crippen LogP contribution in [0.4, 0.5) is 5.69 Å². The summed E-state index contributed by atoms with van der Waals surface area (Å²) in [5.41, 5.74) is 2.40. The molecule has 0 atom stereocenters. The van der Waals surface area contributed by atoms with E-state index >= 15 is 0 Å². The van der Waals surface area contributed by atoms with Gasteiger partial charge in [0.25, 0.3) is 0 Å². The number of rotatable bonds is 4. The predicted molar refractivity (Wildman–Crippen MR) is 72.5 cm³/mol. The highest BCUT2D eigenvalue weighted by Crippen LogP contribution is 2.20. The molecule has 0 amide bonds. The Kier molecular flexibility index (Phi) is 3.97. The van der Waals surface area contributed by atoms with Gasteiger partial charge in [0, 0.05) is 16.9 Å². The SMILES string of the molecule is Cc1ccc(Cl)cc1NCc1ncncc1C(=O)O. The Hall–Kier alpha value is -2.14. The van der Waals surface area contributed by atoms with E-state index in [1.54, 1.807) is 12.1 Å². The second kappa shape index (κ2) is 5.67. The fraction of sp³-hybridized carbons (Fsp3) is 0.154. The lowest BCUT2D eigenvalue weighted by atomic mass is 10.2. The highest BCUT2D eigenvalue weighted by Gasteiger charge is 2.11. The molecule has 0 fully saturated rings. The van der Waals surface area contributed by atoms with E-state index < -0.39 is 5.97 Å². The zero-order chi connectivity index (χ0) is 13.8. The largest absolute Gasteiger partial charge is 0.478 e. The van der Waals surface area contributed by atoms with Crippen molar-refractivity contribution in [2.75, 3.05) is 5.32 Å². The fourth-order valence-corrected chi connectivity index (χ4v) is 1.81. The van der Waals surface area contributed by atoms with E-state index in [4.69, 9.17) is 16.7 Å². The number of hydrogen-bond acceptors (Lipinski definition) is 4. The molecule has 0 aliphatic heterocycles. The molecule has 1 aromatic heterocycles. The van der Waals surface area contributed by atoms with Crippen molar-refractivity contribution in [2.24, 2.45) is 0 Å². The van der Waals surface area contributed by atoms with Crippen LogP contribution in [0.15, 0.2) is 30.7 Å². The molecule has 0 spiro atoms. The molecule has 6 heteroatoms. The van der Waals surface area contributed by atoms with Gasteiger partial charge in [-0.25, -0.2) is 14.8 Å². The van der Waals surface area contributed by atoms with Crippen molar-refractivity contribution in [1.82, 2.24) is 9.97 Å². The summed E-state index contributed by atoms with van der Waals surface area (Å²) in [6, 6.07) is 5.48. The maximum atomic E-state index is 11.0. The summed E-state index contributed by atoms with van der Waals surface area (Å²) in [5, 5.41) is 12.8. The number of anilines is 1. The number of carboxylic acids is 1. The van der Waals surface area contributed by atoms with Crippen LogP contribution in [0.5, 0.6) is 0 Å². The Morgan fingerprint density at radius 2 is 2.26 bits per heavy atom. The molecule has 0 aliphatic rings. The summed E-state index contributed by atoms with van der Waals surface area (Å²) >= 11 is 5.92. The van der Waals surface area contributed by atoms with Crippen LogP contribution in [0.3, 0.4) is 0 Å². The van der Waals surface area contributed by atoms with Gasteiger partial charge in [-0.15, -0.1) is 0 Å². The molecule has 0 saturated heterocycles. The summed E-state index contributed by atoms with van der Waals surface area (Å²) in [4.78, 5) is 18.7. The van der Waals surface area contributed by atoms with Gasteiger partial charge in [-0.2, -0.15) is 0 Å². The van der Waals surface area contributed by atoms with Crippen molar-refractivity contribution in [2.45, 2.75) is 13.5 Å². The molecule has 19 heavy (non-hydrogen) atoms. The zero-order valence-corrected chi connectivity index (χ0v) is 11.0. The number of aromatic nitrogens is 2. The van der Waals surface area contributed by atoms with Crippen LogP contribution in [-0.2, 0) is 6.54 Å². The van der Waals surface area contributed by atoms with Gasteiger partial charge in [0.05, 0.1) is 12.2 Å². The molecule has 0 aliphatic carbocycles. The van der Waals surface area contributed by atoms with E-state index in [1.807, 2.05) is 13.0 Å². The summed E-state index contributed by atoms with van der Waals surface area (Å²) in [6.07, 6.45) is 2.62. The van der Waals surface area contributed by atoms with Crippen molar-refractivity contribution in [3.05, 3.63) is 52.6 Å². The molecule has 0 bridgehead atoms. The first kappa shape index (κ1) is 13.3. The Balaban J connectivity index is 2.19. The summed E-state index contributed by atoms with van der Waals surface area (Å²) < 4.78 is 0. The minimum absolute atomic E-state index is 0.0923. The number of carboxylic acid groups (broad SMARTS) is 1. The second-order valence-electron chi connectivity index (χ2n) is 4.00. The lowest BCUT2D eigenvalue weighted by Crippen LogP contribution is -2.10. The number of aromatic carboxylic acids is 1. The Morgan fingerprint density at radius 3 is 3.00 bits per heavy atom. The minimum atomic E-state index is -1.04. The van der Waals surface area contributed by atoms with Gasteiger partial charge in [-0.3, -0.25) is 0 Å². The average Bonchev–Trinajstić information content (AvgIpc) is 2.40. The number of nitrogens with one attached hydrogen (secondary N) is 1. The van der Waals surface area contributed by atoms with Gasteiger partial charge in [0.15, 0.2) is 0 Å². The first-order valence-corrected chi connectivity index (χ1v) is 5.98. The van der Waals surface area contributed by atoms with Crippen LogP contribution in [-0.4, -0.2) is 21.0 Å². The highest BCUT2D eigenvalue weighted by molar-refractivity contribution is 6.30. The van der Waals surface area contributed by atoms with Gasteiger partial charge in [0.1, 0.15) is 11.9 Å². The van der Waals surface area contributed by atoms with Crippen LogP contribution in [0.25, 0.3) is 0 Å². The third-order valence-electron chi connectivity index (χ3n) is 2.67. The van der Waals surface area contributed by atoms with Gasteiger partial charge in [-0.05, 0) is 24.6 Å². The second-order valence-corrected chi connectivity index (χ2v) is 4.44. The summed E-state index contributed by atoms with van der Waals surface area (Å²) in [5.74, 6) is -1.04. The van der Waals surface area contributed by atoms with E-state index in [0.717, 1.165) is 11.3 Å². The van der Waals surface area contributed by atoms with Crippen LogP contribution in [0, 0.1) is 6.92 Å². The van der Waals surface area contributed by atoms with Crippen molar-refractivity contribution in [1.29, 1.82) is 0 Å². The van der Waals surface area contributed by atoms with Crippen LogP contribution in [0.2, 0.25) is 5.02 Å².